The van der Waals surface area contributed by atoms with E-state index in [-0.39, 0.29) is 5.91 Å². The Bertz CT molecular complexity index is 467. The van der Waals surface area contributed by atoms with Gasteiger partial charge in [-0.25, -0.2) is 0 Å². The van der Waals surface area contributed by atoms with Gasteiger partial charge in [0.25, 0.3) is 5.91 Å². The number of rotatable bonds is 2. The Kier molecular flexibility index (Phi) is 4.63. The number of carbonyl (C=O) groups excluding carboxylic acids is 1. The Hall–Kier alpha value is -0.870. The van der Waals surface area contributed by atoms with Gasteiger partial charge in [0.15, 0.2) is 0 Å². The summed E-state index contributed by atoms with van der Waals surface area (Å²) in [4.78, 5) is 16.8. The van der Waals surface area contributed by atoms with Crippen LogP contribution in [-0.4, -0.2) is 48.9 Å². The summed E-state index contributed by atoms with van der Waals surface area (Å²) in [6.07, 6.45) is 2.12. The summed E-state index contributed by atoms with van der Waals surface area (Å²) in [5.41, 5.74) is 1.86. The van der Waals surface area contributed by atoms with Crippen molar-refractivity contribution in [2.75, 3.05) is 27.2 Å². The van der Waals surface area contributed by atoms with E-state index in [1.54, 1.807) is 0 Å². The molecular formula is C15H21BrN2O. The van der Waals surface area contributed by atoms with Gasteiger partial charge in [0.2, 0.25) is 0 Å². The fourth-order valence-corrected chi connectivity index (χ4v) is 2.98. The van der Waals surface area contributed by atoms with Crippen LogP contribution in [0.25, 0.3) is 0 Å². The molecule has 2 rings (SSSR count). The second-order valence-electron chi connectivity index (χ2n) is 5.39. The lowest BCUT2D eigenvalue weighted by molar-refractivity contribution is 0.0658. The number of halogens is 1. The van der Waals surface area contributed by atoms with Crippen molar-refractivity contribution in [1.82, 2.24) is 9.80 Å². The highest BCUT2D eigenvalue weighted by molar-refractivity contribution is 9.10. The number of hydrogen-bond acceptors (Lipinski definition) is 2. The van der Waals surface area contributed by atoms with Gasteiger partial charge in [-0.1, -0.05) is 12.1 Å². The van der Waals surface area contributed by atoms with E-state index in [4.69, 9.17) is 0 Å². The lowest BCUT2D eigenvalue weighted by Crippen LogP contribution is -2.44. The molecule has 0 atom stereocenters. The lowest BCUT2D eigenvalue weighted by atomic mass is 10.0. The van der Waals surface area contributed by atoms with Crippen molar-refractivity contribution < 1.29 is 4.79 Å². The van der Waals surface area contributed by atoms with Crippen molar-refractivity contribution >= 4 is 21.8 Å². The minimum atomic E-state index is 0.116. The van der Waals surface area contributed by atoms with Gasteiger partial charge < -0.3 is 9.80 Å². The molecule has 0 aliphatic carbocycles. The summed E-state index contributed by atoms with van der Waals surface area (Å²) in [5.74, 6) is 0.116. The fraction of sp³-hybridized carbons (Fsp3) is 0.533. The van der Waals surface area contributed by atoms with E-state index >= 15 is 0 Å². The van der Waals surface area contributed by atoms with E-state index in [1.807, 2.05) is 37.1 Å². The van der Waals surface area contributed by atoms with E-state index < -0.39 is 0 Å². The maximum atomic E-state index is 12.6. The average Bonchev–Trinajstić information content (AvgIpc) is 2.41. The Balaban J connectivity index is 2.13. The maximum absolute atomic E-state index is 12.6. The molecule has 0 spiro atoms. The van der Waals surface area contributed by atoms with Crippen molar-refractivity contribution in [3.05, 3.63) is 33.8 Å². The number of aryl methyl sites for hydroxylation is 1. The van der Waals surface area contributed by atoms with Gasteiger partial charge in [-0.15, -0.1) is 0 Å². The molecule has 104 valence electrons. The van der Waals surface area contributed by atoms with Crippen LogP contribution in [0.4, 0.5) is 0 Å². The molecule has 1 aromatic carbocycles. The molecule has 1 aliphatic rings. The van der Waals surface area contributed by atoms with E-state index in [0.29, 0.717) is 6.04 Å². The Morgan fingerprint density at radius 3 is 2.63 bits per heavy atom. The number of benzene rings is 1. The zero-order valence-electron chi connectivity index (χ0n) is 11.8. The van der Waals surface area contributed by atoms with Gasteiger partial charge in [0.1, 0.15) is 0 Å². The molecule has 1 fully saturated rings. The first-order valence-electron chi connectivity index (χ1n) is 6.71. The normalized spacial score (nSPS) is 17.5. The van der Waals surface area contributed by atoms with Crippen LogP contribution >= 0.6 is 15.9 Å². The van der Waals surface area contributed by atoms with Crippen LogP contribution in [0, 0.1) is 6.92 Å². The topological polar surface area (TPSA) is 23.6 Å². The van der Waals surface area contributed by atoms with Crippen LogP contribution < -0.4 is 0 Å². The third-order valence-electron chi connectivity index (χ3n) is 3.98. The molecule has 0 bridgehead atoms. The number of nitrogens with zero attached hydrogens (tertiary/aromatic N) is 2. The molecule has 0 N–H and O–H groups in total. The molecule has 0 unspecified atom stereocenters. The molecule has 1 heterocycles. The highest BCUT2D eigenvalue weighted by atomic mass is 79.9. The molecule has 1 amide bonds. The van der Waals surface area contributed by atoms with Crippen molar-refractivity contribution in [3.8, 4) is 0 Å². The summed E-state index contributed by atoms with van der Waals surface area (Å²) in [5, 5.41) is 0. The summed E-state index contributed by atoms with van der Waals surface area (Å²) in [7, 11) is 4.06. The van der Waals surface area contributed by atoms with Gasteiger partial charge in [0.05, 0.1) is 5.56 Å². The Labute approximate surface area is 123 Å². The van der Waals surface area contributed by atoms with Crippen LogP contribution in [0.2, 0.25) is 0 Å². The SMILES string of the molecule is Cc1cccc(C(=O)N(C)C2CCN(C)CC2)c1Br. The zero-order valence-corrected chi connectivity index (χ0v) is 13.4. The van der Waals surface area contributed by atoms with Crippen molar-refractivity contribution in [3.63, 3.8) is 0 Å². The molecule has 0 aromatic heterocycles. The summed E-state index contributed by atoms with van der Waals surface area (Å²) >= 11 is 3.53. The fourth-order valence-electron chi connectivity index (χ4n) is 2.55. The Morgan fingerprint density at radius 2 is 2.00 bits per heavy atom. The van der Waals surface area contributed by atoms with Crippen LogP contribution in [-0.2, 0) is 0 Å². The molecule has 19 heavy (non-hydrogen) atoms. The largest absolute Gasteiger partial charge is 0.339 e. The molecule has 0 radical (unpaired) electrons. The van der Waals surface area contributed by atoms with E-state index in [9.17, 15) is 4.79 Å². The van der Waals surface area contributed by atoms with Crippen LogP contribution in [0.3, 0.4) is 0 Å². The third-order valence-corrected chi connectivity index (χ3v) is 5.03. The first kappa shape index (κ1) is 14.5. The molecule has 1 aromatic rings. The van der Waals surface area contributed by atoms with Gasteiger partial charge in [-0.3, -0.25) is 4.79 Å². The van der Waals surface area contributed by atoms with Gasteiger partial charge in [0, 0.05) is 17.6 Å². The third kappa shape index (κ3) is 3.18. The van der Waals surface area contributed by atoms with E-state index in [1.165, 1.54) is 0 Å². The maximum Gasteiger partial charge on any atom is 0.255 e. The highest BCUT2D eigenvalue weighted by Gasteiger charge is 2.25. The van der Waals surface area contributed by atoms with Gasteiger partial charge in [-0.2, -0.15) is 0 Å². The van der Waals surface area contributed by atoms with Crippen LogP contribution in [0.5, 0.6) is 0 Å². The van der Waals surface area contributed by atoms with Crippen molar-refractivity contribution in [1.29, 1.82) is 0 Å². The zero-order chi connectivity index (χ0) is 14.0. The molecule has 1 aliphatic heterocycles. The predicted molar refractivity (Wildman–Crippen MR) is 81.5 cm³/mol. The first-order valence-corrected chi connectivity index (χ1v) is 7.51. The van der Waals surface area contributed by atoms with Crippen molar-refractivity contribution in [2.24, 2.45) is 0 Å². The standard InChI is InChI=1S/C15H21BrN2O/c1-11-5-4-6-13(14(11)16)15(19)18(3)12-7-9-17(2)10-8-12/h4-6,12H,7-10H2,1-3H3. The van der Waals surface area contributed by atoms with Crippen LogP contribution in [0.1, 0.15) is 28.8 Å². The highest BCUT2D eigenvalue weighted by Crippen LogP contribution is 2.24. The number of amides is 1. The van der Waals surface area contributed by atoms with Crippen molar-refractivity contribution in [2.45, 2.75) is 25.8 Å². The number of piperidine rings is 1. The smallest absolute Gasteiger partial charge is 0.255 e. The predicted octanol–water partition coefficient (Wildman–Crippen LogP) is 2.92. The minimum absolute atomic E-state index is 0.116. The van der Waals surface area contributed by atoms with Gasteiger partial charge in [-0.05, 0) is 67.5 Å². The molecule has 1 saturated heterocycles. The quantitative estimate of drug-likeness (QED) is 0.835. The summed E-state index contributed by atoms with van der Waals surface area (Å²) < 4.78 is 0.916. The van der Waals surface area contributed by atoms with E-state index in [0.717, 1.165) is 41.5 Å². The lowest BCUT2D eigenvalue weighted by Gasteiger charge is -2.35. The minimum Gasteiger partial charge on any atom is -0.339 e. The number of carbonyl (C=O) groups is 1. The van der Waals surface area contributed by atoms with Crippen LogP contribution in [0.15, 0.2) is 22.7 Å². The summed E-state index contributed by atoms with van der Waals surface area (Å²) in [6, 6.07) is 6.20. The first-order chi connectivity index (χ1) is 9.00. The number of likely N-dealkylation sites (tertiary alicyclic amines) is 1. The molecule has 4 heteroatoms. The van der Waals surface area contributed by atoms with Gasteiger partial charge >= 0.3 is 0 Å². The second kappa shape index (κ2) is 6.06. The number of hydrogen-bond donors (Lipinski definition) is 0. The molecular weight excluding hydrogens is 304 g/mol. The molecule has 0 saturated carbocycles. The summed E-state index contributed by atoms with van der Waals surface area (Å²) in [6.45, 7) is 4.14. The average molecular weight is 325 g/mol. The Morgan fingerprint density at radius 1 is 1.37 bits per heavy atom. The van der Waals surface area contributed by atoms with E-state index in [2.05, 4.69) is 27.9 Å². The monoisotopic (exact) mass is 324 g/mol. The second-order valence-corrected chi connectivity index (χ2v) is 6.18. The molecule has 3 nitrogen and oxygen atoms in total.